The fraction of sp³-hybridized carbons (Fsp3) is 0.462. The molecule has 1 atom stereocenters. The molecular formula is C13H15ClN2O5. The highest BCUT2D eigenvalue weighted by Crippen LogP contribution is 2.30. The summed E-state index contributed by atoms with van der Waals surface area (Å²) in [5.41, 5.74) is -0.193. The minimum atomic E-state index is -0.953. The molecular weight excluding hydrogens is 300 g/mol. The fourth-order valence-electron chi connectivity index (χ4n) is 1.85. The van der Waals surface area contributed by atoms with E-state index in [1.54, 1.807) is 0 Å². The van der Waals surface area contributed by atoms with Gasteiger partial charge in [0.15, 0.2) is 5.75 Å². The van der Waals surface area contributed by atoms with Gasteiger partial charge in [-0.1, -0.05) is 11.6 Å². The standard InChI is InChI=1S/C13H15ClN2O5/c14-8-1-4-11(16(19)20)12(7-8)21-6-5-10(13(17)18)15-9-2-3-9/h1,4,7,9-10,15H,2-3,5-6H2,(H,17,18). The summed E-state index contributed by atoms with van der Waals surface area (Å²) < 4.78 is 5.33. The highest BCUT2D eigenvalue weighted by atomic mass is 35.5. The molecule has 1 aromatic rings. The molecule has 1 aromatic carbocycles. The van der Waals surface area contributed by atoms with E-state index in [1.807, 2.05) is 0 Å². The molecule has 0 aromatic heterocycles. The quantitative estimate of drug-likeness (QED) is 0.563. The second-order valence-electron chi connectivity index (χ2n) is 4.84. The minimum Gasteiger partial charge on any atom is -0.487 e. The predicted octanol–water partition coefficient (Wildman–Crippen LogP) is 2.22. The van der Waals surface area contributed by atoms with Crippen LogP contribution in [0.1, 0.15) is 19.3 Å². The minimum absolute atomic E-state index is 0.0445. The lowest BCUT2D eigenvalue weighted by molar-refractivity contribution is -0.385. The molecule has 1 saturated carbocycles. The van der Waals surface area contributed by atoms with Crippen molar-refractivity contribution in [2.24, 2.45) is 0 Å². The highest BCUT2D eigenvalue weighted by molar-refractivity contribution is 6.30. The molecule has 7 nitrogen and oxygen atoms in total. The van der Waals surface area contributed by atoms with Gasteiger partial charge in [-0.2, -0.15) is 0 Å². The number of aliphatic carboxylic acids is 1. The van der Waals surface area contributed by atoms with Gasteiger partial charge in [-0.05, 0) is 18.9 Å². The Kier molecular flexibility index (Phi) is 4.98. The van der Waals surface area contributed by atoms with Crippen LogP contribution >= 0.6 is 11.6 Å². The summed E-state index contributed by atoms with van der Waals surface area (Å²) in [7, 11) is 0. The number of hydrogen-bond acceptors (Lipinski definition) is 5. The largest absolute Gasteiger partial charge is 0.487 e. The molecule has 0 heterocycles. The Morgan fingerprint density at radius 3 is 2.86 bits per heavy atom. The number of nitro groups is 1. The number of benzene rings is 1. The van der Waals surface area contributed by atoms with Gasteiger partial charge in [-0.25, -0.2) is 0 Å². The first kappa shape index (κ1) is 15.5. The summed E-state index contributed by atoms with van der Waals surface area (Å²) in [6.45, 7) is 0.0534. The number of ether oxygens (including phenoxy) is 1. The first-order chi connectivity index (χ1) is 9.97. The zero-order chi connectivity index (χ0) is 15.4. The molecule has 0 aliphatic heterocycles. The van der Waals surface area contributed by atoms with Gasteiger partial charge in [-0.15, -0.1) is 0 Å². The molecule has 0 spiro atoms. The molecule has 1 aliphatic rings. The molecule has 0 saturated heterocycles. The van der Waals surface area contributed by atoms with Gasteiger partial charge in [0.05, 0.1) is 11.5 Å². The van der Waals surface area contributed by atoms with Crippen LogP contribution in [0.15, 0.2) is 18.2 Å². The number of carboxylic acid groups (broad SMARTS) is 1. The van der Waals surface area contributed by atoms with Gasteiger partial charge < -0.3 is 15.2 Å². The number of carboxylic acids is 1. The summed E-state index contributed by atoms with van der Waals surface area (Å²) in [6.07, 6.45) is 2.17. The van der Waals surface area contributed by atoms with Crippen LogP contribution in [0, 0.1) is 10.1 Å². The lowest BCUT2D eigenvalue weighted by Gasteiger charge is -2.14. The fourth-order valence-corrected chi connectivity index (χ4v) is 2.02. The zero-order valence-corrected chi connectivity index (χ0v) is 11.9. The molecule has 1 aliphatic carbocycles. The predicted molar refractivity (Wildman–Crippen MR) is 75.8 cm³/mol. The Balaban J connectivity index is 1.93. The number of nitrogens with one attached hydrogen (secondary N) is 1. The van der Waals surface area contributed by atoms with Crippen molar-refractivity contribution in [3.63, 3.8) is 0 Å². The normalized spacial score (nSPS) is 15.5. The number of carbonyl (C=O) groups is 1. The summed E-state index contributed by atoms with van der Waals surface area (Å²) in [5, 5.41) is 23.3. The Morgan fingerprint density at radius 1 is 1.57 bits per heavy atom. The summed E-state index contributed by atoms with van der Waals surface area (Å²) in [4.78, 5) is 21.4. The third-order valence-electron chi connectivity index (χ3n) is 3.09. The molecule has 21 heavy (non-hydrogen) atoms. The van der Waals surface area contributed by atoms with E-state index in [9.17, 15) is 14.9 Å². The SMILES string of the molecule is O=C(O)C(CCOc1cc(Cl)ccc1[N+](=O)[O-])NC1CC1. The second kappa shape index (κ2) is 6.73. The van der Waals surface area contributed by atoms with Crippen LogP contribution in [0.3, 0.4) is 0 Å². The van der Waals surface area contributed by atoms with Crippen LogP contribution < -0.4 is 10.1 Å². The number of nitrogens with zero attached hydrogens (tertiary/aromatic N) is 1. The number of nitro benzene ring substituents is 1. The third-order valence-corrected chi connectivity index (χ3v) is 3.33. The van der Waals surface area contributed by atoms with Crippen LogP contribution in [0.4, 0.5) is 5.69 Å². The van der Waals surface area contributed by atoms with Crippen molar-refractivity contribution in [1.82, 2.24) is 5.32 Å². The van der Waals surface area contributed by atoms with Crippen molar-refractivity contribution in [3.05, 3.63) is 33.3 Å². The van der Waals surface area contributed by atoms with E-state index in [-0.39, 0.29) is 30.5 Å². The summed E-state index contributed by atoms with van der Waals surface area (Å²) in [6, 6.07) is 3.56. The van der Waals surface area contributed by atoms with E-state index in [0.29, 0.717) is 5.02 Å². The van der Waals surface area contributed by atoms with Crippen molar-refractivity contribution < 1.29 is 19.6 Å². The van der Waals surface area contributed by atoms with E-state index < -0.39 is 16.9 Å². The van der Waals surface area contributed by atoms with Gasteiger partial charge in [0.25, 0.3) is 0 Å². The Bertz CT molecular complexity index is 547. The molecule has 2 rings (SSSR count). The van der Waals surface area contributed by atoms with E-state index in [0.717, 1.165) is 12.8 Å². The van der Waals surface area contributed by atoms with E-state index >= 15 is 0 Å². The Morgan fingerprint density at radius 2 is 2.29 bits per heavy atom. The summed E-state index contributed by atoms with van der Waals surface area (Å²) >= 11 is 5.78. The molecule has 1 unspecified atom stereocenters. The lowest BCUT2D eigenvalue weighted by atomic mass is 10.2. The van der Waals surface area contributed by atoms with Crippen LogP contribution in [-0.2, 0) is 4.79 Å². The number of hydrogen-bond donors (Lipinski definition) is 2. The lowest BCUT2D eigenvalue weighted by Crippen LogP contribution is -2.39. The molecule has 1 fully saturated rings. The van der Waals surface area contributed by atoms with Crippen LogP contribution in [0.5, 0.6) is 5.75 Å². The average Bonchev–Trinajstić information content (AvgIpc) is 3.21. The topological polar surface area (TPSA) is 102 Å². The van der Waals surface area contributed by atoms with Crippen molar-refractivity contribution in [3.8, 4) is 5.75 Å². The Labute approximate surface area is 126 Å². The van der Waals surface area contributed by atoms with E-state index in [1.165, 1.54) is 18.2 Å². The van der Waals surface area contributed by atoms with Gasteiger partial charge in [0, 0.05) is 29.6 Å². The Hall–Kier alpha value is -1.86. The van der Waals surface area contributed by atoms with Crippen molar-refractivity contribution in [2.75, 3.05) is 6.61 Å². The maximum atomic E-state index is 11.1. The first-order valence-electron chi connectivity index (χ1n) is 6.53. The maximum Gasteiger partial charge on any atom is 0.320 e. The van der Waals surface area contributed by atoms with Crippen LogP contribution in [0.2, 0.25) is 5.02 Å². The first-order valence-corrected chi connectivity index (χ1v) is 6.91. The van der Waals surface area contributed by atoms with Gasteiger partial charge >= 0.3 is 11.7 Å². The van der Waals surface area contributed by atoms with Gasteiger partial charge in [-0.3, -0.25) is 14.9 Å². The van der Waals surface area contributed by atoms with E-state index in [4.69, 9.17) is 21.4 Å². The second-order valence-corrected chi connectivity index (χ2v) is 5.27. The van der Waals surface area contributed by atoms with Gasteiger partial charge in [0.2, 0.25) is 0 Å². The average molecular weight is 315 g/mol. The highest BCUT2D eigenvalue weighted by Gasteiger charge is 2.28. The smallest absolute Gasteiger partial charge is 0.320 e. The molecule has 0 radical (unpaired) electrons. The zero-order valence-electron chi connectivity index (χ0n) is 11.1. The van der Waals surface area contributed by atoms with Crippen molar-refractivity contribution in [2.45, 2.75) is 31.3 Å². The van der Waals surface area contributed by atoms with Crippen LogP contribution in [0.25, 0.3) is 0 Å². The third kappa shape index (κ3) is 4.57. The summed E-state index contributed by atoms with van der Waals surface area (Å²) in [5.74, 6) is -0.908. The number of rotatable bonds is 8. The number of halogens is 1. The van der Waals surface area contributed by atoms with Crippen molar-refractivity contribution >= 4 is 23.3 Å². The molecule has 8 heteroatoms. The monoisotopic (exact) mass is 314 g/mol. The molecule has 0 bridgehead atoms. The maximum absolute atomic E-state index is 11.1. The molecule has 2 N–H and O–H groups in total. The molecule has 114 valence electrons. The molecule has 0 amide bonds. The van der Waals surface area contributed by atoms with Crippen LogP contribution in [-0.4, -0.2) is 34.7 Å². The van der Waals surface area contributed by atoms with Crippen molar-refractivity contribution in [1.29, 1.82) is 0 Å². The van der Waals surface area contributed by atoms with E-state index in [2.05, 4.69) is 5.32 Å². The van der Waals surface area contributed by atoms with Gasteiger partial charge in [0.1, 0.15) is 6.04 Å².